The monoisotopic (exact) mass is 171 g/mol. The Hall–Kier alpha value is 1.44. The molecule has 0 aliphatic rings. The molecule has 0 amide bonds. The molecule has 0 fully saturated rings. The van der Waals surface area contributed by atoms with Gasteiger partial charge in [0.1, 0.15) is 6.29 Å². The zero-order chi connectivity index (χ0) is 4.99. The van der Waals surface area contributed by atoms with E-state index in [4.69, 9.17) is 0 Å². The summed E-state index contributed by atoms with van der Waals surface area (Å²) in [4.78, 5) is 9.64. The van der Waals surface area contributed by atoms with Gasteiger partial charge in [0.2, 0.25) is 0 Å². The van der Waals surface area contributed by atoms with Crippen molar-refractivity contribution in [1.82, 2.24) is 0 Å². The molecule has 0 aliphatic carbocycles. The Bertz CT molecular complexity index is 49.0. The van der Waals surface area contributed by atoms with Gasteiger partial charge in [-0.15, -0.1) is 0 Å². The normalized spacial score (nSPS) is 11.7. The Labute approximate surface area is 92.8 Å². The predicted octanol–water partition coefficient (Wildman–Crippen LogP) is -2.42. The van der Waals surface area contributed by atoms with Crippen molar-refractivity contribution in [1.29, 1.82) is 0 Å². The van der Waals surface area contributed by atoms with Crippen LogP contribution < -0.4 is 58.2 Å². The molecule has 2 nitrogen and oxygen atoms in total. The van der Waals surface area contributed by atoms with Gasteiger partial charge in [-0.25, -0.2) is 0 Å². The number of carbonyl (C=O) groups excluding carboxylic acids is 1. The van der Waals surface area contributed by atoms with Gasteiger partial charge < -0.3 is 10.1 Å². The standard InChI is InChI=1S/C4H8NO.Rb/c1-4(3-6)5-2;/h3-4H,1-2H3;/q-1;+1. The number of rotatable bonds is 2. The fourth-order valence-electron chi connectivity index (χ4n) is 0.0609. The molecule has 0 aromatic carbocycles. The maximum Gasteiger partial charge on any atom is 1.00 e. The Morgan fingerprint density at radius 1 is 1.71 bits per heavy atom. The first-order chi connectivity index (χ1) is 2.81. The van der Waals surface area contributed by atoms with Gasteiger partial charge in [-0.05, 0) is 0 Å². The van der Waals surface area contributed by atoms with E-state index in [-0.39, 0.29) is 64.2 Å². The van der Waals surface area contributed by atoms with Crippen LogP contribution >= 0.6 is 0 Å². The molecule has 0 saturated carbocycles. The van der Waals surface area contributed by atoms with E-state index in [1.807, 2.05) is 0 Å². The van der Waals surface area contributed by atoms with E-state index in [0.29, 0.717) is 0 Å². The minimum absolute atomic E-state index is 0. The number of hydrogen-bond donors (Lipinski definition) is 0. The maximum absolute atomic E-state index is 9.64. The fraction of sp³-hybridized carbons (Fsp3) is 0.750. The molecule has 0 aromatic rings. The molecule has 0 saturated heterocycles. The molecule has 1 unspecified atom stereocenters. The number of likely N-dealkylation sites (N-methyl/N-ethyl adjacent to an activating group) is 1. The molecule has 0 heterocycles. The molecule has 0 N–H and O–H groups in total. The maximum atomic E-state index is 9.64. The van der Waals surface area contributed by atoms with Gasteiger partial charge >= 0.3 is 58.2 Å². The largest absolute Gasteiger partial charge is 1.00 e. The van der Waals surface area contributed by atoms with Gasteiger partial charge in [0.15, 0.2) is 0 Å². The second-order valence-electron chi connectivity index (χ2n) is 1.13. The van der Waals surface area contributed by atoms with E-state index in [1.165, 1.54) is 0 Å². The van der Waals surface area contributed by atoms with Gasteiger partial charge in [0.25, 0.3) is 0 Å². The van der Waals surface area contributed by atoms with Crippen molar-refractivity contribution in [3.8, 4) is 0 Å². The van der Waals surface area contributed by atoms with Gasteiger partial charge in [-0.1, -0.05) is 13.0 Å². The quantitative estimate of drug-likeness (QED) is 0.426. The van der Waals surface area contributed by atoms with Crippen LogP contribution in [0.25, 0.3) is 5.32 Å². The summed E-state index contributed by atoms with van der Waals surface area (Å²) in [6, 6.07) is -0.120. The Morgan fingerprint density at radius 3 is 2.14 bits per heavy atom. The summed E-state index contributed by atoms with van der Waals surface area (Å²) in [5.74, 6) is 0. The zero-order valence-electron chi connectivity index (χ0n) is 5.01. The molecule has 7 heavy (non-hydrogen) atoms. The van der Waals surface area contributed by atoms with Crippen LogP contribution in [0.3, 0.4) is 0 Å². The minimum atomic E-state index is -0.120. The minimum Gasteiger partial charge on any atom is -0.656 e. The number of nitrogens with zero attached hydrogens (tertiary/aromatic N) is 1. The Kier molecular flexibility index (Phi) is 12.0. The average Bonchev–Trinajstić information content (AvgIpc) is 1.65. The third kappa shape index (κ3) is 7.44. The molecular formula is C4H8NORb. The predicted molar refractivity (Wildman–Crippen MR) is 24.8 cm³/mol. The second-order valence-corrected chi connectivity index (χ2v) is 1.13. The molecule has 0 aliphatic heterocycles. The first kappa shape index (κ1) is 11.3. The van der Waals surface area contributed by atoms with Crippen molar-refractivity contribution >= 4 is 6.29 Å². The summed E-state index contributed by atoms with van der Waals surface area (Å²) in [6.45, 7) is 1.74. The van der Waals surface area contributed by atoms with E-state index < -0.39 is 0 Å². The average molecular weight is 172 g/mol. The first-order valence-electron chi connectivity index (χ1n) is 1.85. The van der Waals surface area contributed by atoms with E-state index >= 15 is 0 Å². The van der Waals surface area contributed by atoms with Gasteiger partial charge in [0, 0.05) is 0 Å². The molecule has 36 valence electrons. The van der Waals surface area contributed by atoms with Crippen LogP contribution in [0.15, 0.2) is 0 Å². The second kappa shape index (κ2) is 7.44. The van der Waals surface area contributed by atoms with Crippen molar-refractivity contribution in [2.45, 2.75) is 13.0 Å². The summed E-state index contributed by atoms with van der Waals surface area (Å²) in [7, 11) is 1.62. The summed E-state index contributed by atoms with van der Waals surface area (Å²) < 4.78 is 0. The van der Waals surface area contributed by atoms with E-state index in [1.54, 1.807) is 14.0 Å². The van der Waals surface area contributed by atoms with E-state index in [2.05, 4.69) is 5.32 Å². The Balaban J connectivity index is 0. The van der Waals surface area contributed by atoms with Crippen molar-refractivity contribution in [2.24, 2.45) is 0 Å². The topological polar surface area (TPSA) is 31.2 Å². The van der Waals surface area contributed by atoms with Gasteiger partial charge in [-0.3, -0.25) is 0 Å². The third-order valence-electron chi connectivity index (χ3n) is 0.604. The third-order valence-corrected chi connectivity index (χ3v) is 0.604. The van der Waals surface area contributed by atoms with Crippen LogP contribution in [0, 0.1) is 0 Å². The SMILES string of the molecule is C[N-]C(C)C=O.[Rb+]. The molecule has 0 rings (SSSR count). The molecule has 3 heteroatoms. The van der Waals surface area contributed by atoms with Crippen LogP contribution in [0.2, 0.25) is 0 Å². The van der Waals surface area contributed by atoms with Crippen LogP contribution in [0.1, 0.15) is 6.92 Å². The van der Waals surface area contributed by atoms with Crippen molar-refractivity contribution in [2.75, 3.05) is 7.05 Å². The Morgan fingerprint density at radius 2 is 2.14 bits per heavy atom. The van der Waals surface area contributed by atoms with Gasteiger partial charge in [-0.2, -0.15) is 7.05 Å². The summed E-state index contributed by atoms with van der Waals surface area (Å²) in [5, 5.41) is 3.64. The van der Waals surface area contributed by atoms with Crippen LogP contribution in [0.5, 0.6) is 0 Å². The molecule has 0 bridgehead atoms. The number of aldehydes is 1. The molecule has 0 spiro atoms. The summed E-state index contributed by atoms with van der Waals surface area (Å²) in [6.07, 6.45) is 0.806. The molecule has 0 aromatic heterocycles. The van der Waals surface area contributed by atoms with Crippen LogP contribution in [0.4, 0.5) is 0 Å². The van der Waals surface area contributed by atoms with Crippen molar-refractivity contribution < 1.29 is 63.0 Å². The molecular weight excluding hydrogens is 164 g/mol. The van der Waals surface area contributed by atoms with E-state index in [0.717, 1.165) is 6.29 Å². The summed E-state index contributed by atoms with van der Waals surface area (Å²) in [5.41, 5.74) is 0. The number of carbonyl (C=O) groups is 1. The van der Waals surface area contributed by atoms with Crippen molar-refractivity contribution in [3.05, 3.63) is 5.32 Å². The fourth-order valence-corrected chi connectivity index (χ4v) is 0.0609. The zero-order valence-corrected chi connectivity index (χ0v) is 9.93. The van der Waals surface area contributed by atoms with Crippen LogP contribution in [-0.4, -0.2) is 19.4 Å². The molecule has 0 radical (unpaired) electrons. The van der Waals surface area contributed by atoms with Crippen molar-refractivity contribution in [3.63, 3.8) is 0 Å². The summed E-state index contributed by atoms with van der Waals surface area (Å²) >= 11 is 0. The smallest absolute Gasteiger partial charge is 0.656 e. The number of hydrogen-bond acceptors (Lipinski definition) is 1. The first-order valence-corrected chi connectivity index (χ1v) is 1.85. The molecule has 1 atom stereocenters. The van der Waals surface area contributed by atoms with Gasteiger partial charge in [0.05, 0.1) is 0 Å². The van der Waals surface area contributed by atoms with Crippen LogP contribution in [-0.2, 0) is 4.79 Å². The van der Waals surface area contributed by atoms with E-state index in [9.17, 15) is 4.79 Å².